The van der Waals surface area contributed by atoms with Gasteiger partial charge in [0.1, 0.15) is 0 Å². The molecular formula is C8H16N2O. The third kappa shape index (κ3) is 5.84. The van der Waals surface area contributed by atoms with Crippen molar-refractivity contribution in [1.82, 2.24) is 5.32 Å². The van der Waals surface area contributed by atoms with Crippen molar-refractivity contribution in [3.05, 3.63) is 0 Å². The Balaban J connectivity index is 3.30. The second-order valence-corrected chi connectivity index (χ2v) is 2.50. The van der Waals surface area contributed by atoms with E-state index in [4.69, 9.17) is 10.4 Å². The van der Waals surface area contributed by atoms with Crippen LogP contribution < -0.4 is 5.32 Å². The van der Waals surface area contributed by atoms with Crippen LogP contribution in [0.2, 0.25) is 0 Å². The third-order valence-corrected chi connectivity index (χ3v) is 1.46. The second-order valence-electron chi connectivity index (χ2n) is 2.50. The van der Waals surface area contributed by atoms with Crippen molar-refractivity contribution >= 4 is 0 Å². The Hall–Kier alpha value is -0.590. The van der Waals surface area contributed by atoms with Crippen molar-refractivity contribution in [1.29, 1.82) is 5.26 Å². The van der Waals surface area contributed by atoms with Gasteiger partial charge in [-0.1, -0.05) is 13.3 Å². The molecule has 0 spiro atoms. The topological polar surface area (TPSA) is 56.0 Å². The Morgan fingerprint density at radius 1 is 1.64 bits per heavy atom. The highest BCUT2D eigenvalue weighted by molar-refractivity contribution is 4.88. The molecule has 0 aliphatic carbocycles. The maximum atomic E-state index is 8.58. The smallest absolute Gasteiger partial charge is 0.0952 e. The fraction of sp³-hybridized carbons (Fsp3) is 0.875. The SMILES string of the molecule is CCCC(C#N)NCCCO. The Morgan fingerprint density at radius 3 is 2.82 bits per heavy atom. The first-order valence-corrected chi connectivity index (χ1v) is 4.09. The normalized spacial score (nSPS) is 12.5. The van der Waals surface area contributed by atoms with Crippen molar-refractivity contribution in [2.45, 2.75) is 32.2 Å². The molecule has 11 heavy (non-hydrogen) atoms. The molecule has 0 aromatic heterocycles. The van der Waals surface area contributed by atoms with Crippen LogP contribution in [0.5, 0.6) is 0 Å². The van der Waals surface area contributed by atoms with Gasteiger partial charge in [0.05, 0.1) is 12.1 Å². The van der Waals surface area contributed by atoms with E-state index in [2.05, 4.69) is 18.3 Å². The molecule has 0 aliphatic heterocycles. The van der Waals surface area contributed by atoms with Crippen LogP contribution in [0.3, 0.4) is 0 Å². The molecule has 0 aromatic carbocycles. The zero-order valence-corrected chi connectivity index (χ0v) is 7.01. The van der Waals surface area contributed by atoms with Crippen molar-refractivity contribution in [3.8, 4) is 6.07 Å². The number of nitriles is 1. The minimum atomic E-state index is -0.0356. The van der Waals surface area contributed by atoms with Crippen LogP contribution in [0.4, 0.5) is 0 Å². The second kappa shape index (κ2) is 7.52. The molecule has 2 N–H and O–H groups in total. The van der Waals surface area contributed by atoms with E-state index in [0.717, 1.165) is 25.8 Å². The predicted octanol–water partition coefficient (Wildman–Crippen LogP) is 0.651. The minimum absolute atomic E-state index is 0.0356. The molecule has 0 bridgehead atoms. The first kappa shape index (κ1) is 10.4. The highest BCUT2D eigenvalue weighted by atomic mass is 16.3. The fourth-order valence-corrected chi connectivity index (χ4v) is 0.856. The van der Waals surface area contributed by atoms with Gasteiger partial charge in [-0.05, 0) is 19.4 Å². The molecule has 0 heterocycles. The highest BCUT2D eigenvalue weighted by Crippen LogP contribution is 1.94. The van der Waals surface area contributed by atoms with Gasteiger partial charge in [-0.2, -0.15) is 5.26 Å². The molecule has 1 unspecified atom stereocenters. The van der Waals surface area contributed by atoms with Crippen LogP contribution in [0.15, 0.2) is 0 Å². The maximum absolute atomic E-state index is 8.58. The quantitative estimate of drug-likeness (QED) is 0.555. The van der Waals surface area contributed by atoms with Crippen LogP contribution in [0.1, 0.15) is 26.2 Å². The van der Waals surface area contributed by atoms with Gasteiger partial charge in [-0.15, -0.1) is 0 Å². The molecule has 0 aliphatic rings. The molecule has 64 valence electrons. The van der Waals surface area contributed by atoms with E-state index in [9.17, 15) is 0 Å². The van der Waals surface area contributed by atoms with Gasteiger partial charge in [0.2, 0.25) is 0 Å². The van der Waals surface area contributed by atoms with E-state index in [1.807, 2.05) is 0 Å². The number of nitrogens with one attached hydrogen (secondary N) is 1. The van der Waals surface area contributed by atoms with Gasteiger partial charge in [0.15, 0.2) is 0 Å². The number of aliphatic hydroxyl groups excluding tert-OH is 1. The van der Waals surface area contributed by atoms with E-state index in [1.54, 1.807) is 0 Å². The molecule has 0 saturated carbocycles. The number of aliphatic hydroxyl groups is 1. The Bertz CT molecular complexity index is 120. The summed E-state index contributed by atoms with van der Waals surface area (Å²) in [6, 6.07) is 2.13. The molecule has 0 aromatic rings. The molecule has 0 radical (unpaired) electrons. The summed E-state index contributed by atoms with van der Waals surface area (Å²) in [6.45, 7) is 2.98. The lowest BCUT2D eigenvalue weighted by Gasteiger charge is -2.08. The highest BCUT2D eigenvalue weighted by Gasteiger charge is 2.02. The Labute approximate surface area is 68.0 Å². The van der Waals surface area contributed by atoms with Crippen molar-refractivity contribution in [2.75, 3.05) is 13.2 Å². The molecule has 1 atom stereocenters. The van der Waals surface area contributed by atoms with Crippen LogP contribution in [-0.2, 0) is 0 Å². The van der Waals surface area contributed by atoms with E-state index in [-0.39, 0.29) is 12.6 Å². The first-order chi connectivity index (χ1) is 5.35. The lowest BCUT2D eigenvalue weighted by atomic mass is 10.2. The van der Waals surface area contributed by atoms with E-state index < -0.39 is 0 Å². The van der Waals surface area contributed by atoms with Crippen molar-refractivity contribution in [3.63, 3.8) is 0 Å². The third-order valence-electron chi connectivity index (χ3n) is 1.46. The van der Waals surface area contributed by atoms with Gasteiger partial charge in [-0.25, -0.2) is 0 Å². The molecule has 0 amide bonds. The molecule has 3 heteroatoms. The summed E-state index contributed by atoms with van der Waals surface area (Å²) in [4.78, 5) is 0. The van der Waals surface area contributed by atoms with Crippen LogP contribution in [-0.4, -0.2) is 24.3 Å². The van der Waals surface area contributed by atoms with E-state index in [0.29, 0.717) is 0 Å². The molecule has 3 nitrogen and oxygen atoms in total. The minimum Gasteiger partial charge on any atom is -0.396 e. The summed E-state index contributed by atoms with van der Waals surface area (Å²) in [5, 5.41) is 20.1. The number of hydrogen-bond acceptors (Lipinski definition) is 3. The van der Waals surface area contributed by atoms with Gasteiger partial charge in [0.25, 0.3) is 0 Å². The average Bonchev–Trinajstić information content (AvgIpc) is 2.03. The molecule has 0 rings (SSSR count). The van der Waals surface area contributed by atoms with Crippen LogP contribution in [0.25, 0.3) is 0 Å². The van der Waals surface area contributed by atoms with Crippen molar-refractivity contribution in [2.24, 2.45) is 0 Å². The summed E-state index contributed by atoms with van der Waals surface area (Å²) >= 11 is 0. The summed E-state index contributed by atoms with van der Waals surface area (Å²) < 4.78 is 0. The molecular weight excluding hydrogens is 140 g/mol. The Morgan fingerprint density at radius 2 is 2.36 bits per heavy atom. The summed E-state index contributed by atoms with van der Waals surface area (Å²) in [5.41, 5.74) is 0. The molecule has 0 saturated heterocycles. The summed E-state index contributed by atoms with van der Waals surface area (Å²) in [7, 11) is 0. The fourth-order valence-electron chi connectivity index (χ4n) is 0.856. The van der Waals surface area contributed by atoms with Gasteiger partial charge < -0.3 is 10.4 Å². The van der Waals surface area contributed by atoms with Gasteiger partial charge >= 0.3 is 0 Å². The standard InChI is InChI=1S/C8H16N2O/c1-2-4-8(7-9)10-5-3-6-11/h8,10-11H,2-6H2,1H3. The van der Waals surface area contributed by atoms with E-state index in [1.165, 1.54) is 0 Å². The summed E-state index contributed by atoms with van der Waals surface area (Å²) in [6.07, 6.45) is 2.63. The van der Waals surface area contributed by atoms with Gasteiger partial charge in [-0.3, -0.25) is 0 Å². The lowest BCUT2D eigenvalue weighted by Crippen LogP contribution is -2.28. The summed E-state index contributed by atoms with van der Waals surface area (Å²) in [5.74, 6) is 0. The van der Waals surface area contributed by atoms with E-state index >= 15 is 0 Å². The van der Waals surface area contributed by atoms with Gasteiger partial charge in [0, 0.05) is 6.61 Å². The van der Waals surface area contributed by atoms with Crippen LogP contribution in [0, 0.1) is 11.3 Å². The average molecular weight is 156 g/mol. The maximum Gasteiger partial charge on any atom is 0.0952 e. The lowest BCUT2D eigenvalue weighted by molar-refractivity contribution is 0.284. The zero-order valence-electron chi connectivity index (χ0n) is 7.01. The number of nitrogens with zero attached hydrogens (tertiary/aromatic N) is 1. The monoisotopic (exact) mass is 156 g/mol. The number of hydrogen-bond donors (Lipinski definition) is 2. The van der Waals surface area contributed by atoms with Crippen LogP contribution >= 0.6 is 0 Å². The largest absolute Gasteiger partial charge is 0.396 e. The first-order valence-electron chi connectivity index (χ1n) is 4.09. The van der Waals surface area contributed by atoms with Crippen molar-refractivity contribution < 1.29 is 5.11 Å². The zero-order chi connectivity index (χ0) is 8.53. The number of rotatable bonds is 6. The molecule has 0 fully saturated rings. The Kier molecular flexibility index (Phi) is 7.11. The predicted molar refractivity (Wildman–Crippen MR) is 44.0 cm³/mol.